The van der Waals surface area contributed by atoms with Gasteiger partial charge < -0.3 is 10.2 Å². The summed E-state index contributed by atoms with van der Waals surface area (Å²) in [4.78, 5) is 28.5. The predicted molar refractivity (Wildman–Crippen MR) is 151 cm³/mol. The molecule has 2 amide bonds. The molecule has 196 valence electrons. The molecule has 0 aliphatic carbocycles. The van der Waals surface area contributed by atoms with E-state index < -0.39 is 28.5 Å². The maximum absolute atomic E-state index is 13.9. The Balaban J connectivity index is 2.06. The molecular formula is C28H32BrN3O4S. The molecule has 0 aromatic heterocycles. The number of likely N-dealkylation sites (N-methyl/N-ethyl adjacent to an activating group) is 1. The molecule has 9 heteroatoms. The summed E-state index contributed by atoms with van der Waals surface area (Å²) < 4.78 is 27.7. The lowest BCUT2D eigenvalue weighted by atomic mass is 10.0. The highest BCUT2D eigenvalue weighted by atomic mass is 79.9. The van der Waals surface area contributed by atoms with Crippen molar-refractivity contribution in [1.82, 2.24) is 10.2 Å². The number of sulfonamides is 1. The Morgan fingerprint density at radius 1 is 0.946 bits per heavy atom. The molecule has 0 bridgehead atoms. The van der Waals surface area contributed by atoms with E-state index in [9.17, 15) is 18.0 Å². The van der Waals surface area contributed by atoms with E-state index in [1.807, 2.05) is 73.7 Å². The van der Waals surface area contributed by atoms with Gasteiger partial charge in [0.2, 0.25) is 21.8 Å². The average molecular weight is 587 g/mol. The summed E-state index contributed by atoms with van der Waals surface area (Å²) >= 11 is 3.46. The van der Waals surface area contributed by atoms with E-state index in [1.165, 1.54) is 11.9 Å². The third-order valence-electron chi connectivity index (χ3n) is 6.07. The summed E-state index contributed by atoms with van der Waals surface area (Å²) in [5.41, 5.74) is 3.74. The highest BCUT2D eigenvalue weighted by Gasteiger charge is 2.33. The van der Waals surface area contributed by atoms with Gasteiger partial charge in [-0.2, -0.15) is 0 Å². The van der Waals surface area contributed by atoms with Crippen LogP contribution in [0.1, 0.15) is 22.3 Å². The molecule has 3 aromatic carbocycles. The molecule has 0 fully saturated rings. The maximum atomic E-state index is 13.9. The minimum atomic E-state index is -3.80. The molecule has 0 saturated heterocycles. The quantitative estimate of drug-likeness (QED) is 0.386. The maximum Gasteiger partial charge on any atom is 0.244 e. The third kappa shape index (κ3) is 7.66. The van der Waals surface area contributed by atoms with E-state index in [2.05, 4.69) is 21.2 Å². The molecule has 3 rings (SSSR count). The summed E-state index contributed by atoms with van der Waals surface area (Å²) in [6, 6.07) is 21.5. The number of benzene rings is 3. The second-order valence-corrected chi connectivity index (χ2v) is 11.9. The molecule has 1 atom stereocenters. The summed E-state index contributed by atoms with van der Waals surface area (Å²) in [6.45, 7) is 3.37. The Labute approximate surface area is 227 Å². The van der Waals surface area contributed by atoms with E-state index in [0.717, 1.165) is 37.3 Å². The van der Waals surface area contributed by atoms with Crippen molar-refractivity contribution >= 4 is 43.5 Å². The van der Waals surface area contributed by atoms with Crippen molar-refractivity contribution < 1.29 is 18.0 Å². The molecule has 0 radical (unpaired) electrons. The zero-order chi connectivity index (χ0) is 27.2. The van der Waals surface area contributed by atoms with Crippen LogP contribution in [0.25, 0.3) is 0 Å². The Morgan fingerprint density at radius 3 is 2.24 bits per heavy atom. The molecule has 0 spiro atoms. The van der Waals surface area contributed by atoms with Crippen molar-refractivity contribution in [3.05, 3.63) is 99.5 Å². The highest BCUT2D eigenvalue weighted by Crippen LogP contribution is 2.25. The summed E-state index contributed by atoms with van der Waals surface area (Å²) in [5, 5.41) is 2.68. The van der Waals surface area contributed by atoms with Crippen LogP contribution in [0.3, 0.4) is 0 Å². The molecule has 0 unspecified atom stereocenters. The second-order valence-electron chi connectivity index (χ2n) is 9.03. The van der Waals surface area contributed by atoms with Gasteiger partial charge in [0.25, 0.3) is 0 Å². The molecule has 0 aliphatic rings. The molecule has 3 aromatic rings. The van der Waals surface area contributed by atoms with Crippen LogP contribution in [0.15, 0.2) is 77.3 Å². The monoisotopic (exact) mass is 585 g/mol. The van der Waals surface area contributed by atoms with Gasteiger partial charge in [0, 0.05) is 24.5 Å². The highest BCUT2D eigenvalue weighted by molar-refractivity contribution is 9.10. The smallest absolute Gasteiger partial charge is 0.244 e. The Morgan fingerprint density at radius 2 is 1.62 bits per heavy atom. The van der Waals surface area contributed by atoms with Crippen LogP contribution in [0.2, 0.25) is 0 Å². The first-order valence-electron chi connectivity index (χ1n) is 11.8. The molecular weight excluding hydrogens is 554 g/mol. The van der Waals surface area contributed by atoms with Crippen molar-refractivity contribution in [2.24, 2.45) is 0 Å². The van der Waals surface area contributed by atoms with E-state index in [1.54, 1.807) is 13.0 Å². The van der Waals surface area contributed by atoms with Gasteiger partial charge in [-0.05, 0) is 54.3 Å². The zero-order valence-corrected chi connectivity index (χ0v) is 23.8. The largest absolute Gasteiger partial charge is 0.357 e. The van der Waals surface area contributed by atoms with Gasteiger partial charge in [0.15, 0.2) is 0 Å². The van der Waals surface area contributed by atoms with Gasteiger partial charge in [-0.3, -0.25) is 13.9 Å². The Kier molecular flexibility index (Phi) is 9.50. The van der Waals surface area contributed by atoms with Crippen LogP contribution in [0, 0.1) is 13.8 Å². The molecule has 0 saturated carbocycles. The van der Waals surface area contributed by atoms with Gasteiger partial charge in [-0.1, -0.05) is 70.5 Å². The van der Waals surface area contributed by atoms with Gasteiger partial charge in [-0.15, -0.1) is 0 Å². The number of hydrogen-bond donors (Lipinski definition) is 1. The number of hydrogen-bond acceptors (Lipinski definition) is 4. The van der Waals surface area contributed by atoms with E-state index in [0.29, 0.717) is 5.69 Å². The van der Waals surface area contributed by atoms with E-state index in [4.69, 9.17) is 0 Å². The lowest BCUT2D eigenvalue weighted by Crippen LogP contribution is -2.53. The first-order valence-corrected chi connectivity index (χ1v) is 14.5. The van der Waals surface area contributed by atoms with Crippen molar-refractivity contribution in [3.63, 3.8) is 0 Å². The van der Waals surface area contributed by atoms with Crippen LogP contribution in [-0.4, -0.2) is 51.0 Å². The third-order valence-corrected chi connectivity index (χ3v) is 7.69. The van der Waals surface area contributed by atoms with Gasteiger partial charge in [0.1, 0.15) is 12.6 Å². The summed E-state index contributed by atoms with van der Waals surface area (Å²) in [7, 11) is -2.27. The standard InChI is InChI=1S/C28H32BrN3O4S/c1-20-13-14-21(2)25(15-20)32(37(4,35)36)19-27(33)31(18-23-11-8-12-24(29)16-23)26(28(34)30-3)17-22-9-6-5-7-10-22/h5-16,26H,17-19H2,1-4H3,(H,30,34)/t26-/m0/s1. The van der Waals surface area contributed by atoms with E-state index >= 15 is 0 Å². The van der Waals surface area contributed by atoms with Crippen LogP contribution in [-0.2, 0) is 32.6 Å². The number of nitrogens with zero attached hydrogens (tertiary/aromatic N) is 2. The molecule has 7 nitrogen and oxygen atoms in total. The van der Waals surface area contributed by atoms with Crippen LogP contribution < -0.4 is 9.62 Å². The number of carbonyl (C=O) groups excluding carboxylic acids is 2. The lowest BCUT2D eigenvalue weighted by Gasteiger charge is -2.33. The zero-order valence-electron chi connectivity index (χ0n) is 21.4. The fourth-order valence-corrected chi connectivity index (χ4v) is 5.48. The molecule has 1 N–H and O–H groups in total. The topological polar surface area (TPSA) is 86.8 Å². The average Bonchev–Trinajstić information content (AvgIpc) is 2.85. The van der Waals surface area contributed by atoms with Crippen LogP contribution in [0.5, 0.6) is 0 Å². The lowest BCUT2D eigenvalue weighted by molar-refractivity contribution is -0.139. The number of carbonyl (C=O) groups is 2. The number of amides is 2. The number of anilines is 1. The van der Waals surface area contributed by atoms with Crippen molar-refractivity contribution in [1.29, 1.82) is 0 Å². The normalized spacial score (nSPS) is 12.0. The van der Waals surface area contributed by atoms with Crippen molar-refractivity contribution in [3.8, 4) is 0 Å². The summed E-state index contributed by atoms with van der Waals surface area (Å²) in [5.74, 6) is -0.805. The fraction of sp³-hybridized carbons (Fsp3) is 0.286. The number of rotatable bonds is 10. The minimum Gasteiger partial charge on any atom is -0.357 e. The number of aryl methyl sites for hydroxylation is 2. The van der Waals surface area contributed by atoms with Gasteiger partial charge in [0.05, 0.1) is 11.9 Å². The SMILES string of the molecule is CNC(=O)[C@H](Cc1ccccc1)N(Cc1cccc(Br)c1)C(=O)CN(c1cc(C)ccc1C)S(C)(=O)=O. The second kappa shape index (κ2) is 12.4. The van der Waals surface area contributed by atoms with Crippen molar-refractivity contribution in [2.45, 2.75) is 32.9 Å². The first kappa shape index (κ1) is 28.4. The van der Waals surface area contributed by atoms with Crippen molar-refractivity contribution in [2.75, 3.05) is 24.2 Å². The minimum absolute atomic E-state index is 0.133. The van der Waals surface area contributed by atoms with E-state index in [-0.39, 0.29) is 18.9 Å². The van der Waals surface area contributed by atoms with Gasteiger partial charge >= 0.3 is 0 Å². The first-order chi connectivity index (χ1) is 17.5. The van der Waals surface area contributed by atoms with Crippen LogP contribution >= 0.6 is 15.9 Å². The fourth-order valence-electron chi connectivity index (χ4n) is 4.14. The Hall–Kier alpha value is -3.17. The predicted octanol–water partition coefficient (Wildman–Crippen LogP) is 4.22. The summed E-state index contributed by atoms with van der Waals surface area (Å²) in [6.07, 6.45) is 1.36. The number of halogens is 1. The molecule has 37 heavy (non-hydrogen) atoms. The Bertz CT molecular complexity index is 1360. The van der Waals surface area contributed by atoms with Crippen LogP contribution in [0.4, 0.5) is 5.69 Å². The molecule has 0 aliphatic heterocycles. The van der Waals surface area contributed by atoms with Gasteiger partial charge in [-0.25, -0.2) is 8.42 Å². The molecule has 0 heterocycles. The number of nitrogens with one attached hydrogen (secondary N) is 1.